The van der Waals surface area contributed by atoms with Gasteiger partial charge >= 0.3 is 11.8 Å². The number of aromatic nitrogens is 2. The van der Waals surface area contributed by atoms with E-state index in [1.807, 2.05) is 6.92 Å². The zero-order chi connectivity index (χ0) is 10.3. The Morgan fingerprint density at radius 1 is 1.71 bits per heavy atom. The van der Waals surface area contributed by atoms with Crippen LogP contribution >= 0.6 is 0 Å². The second-order valence-electron chi connectivity index (χ2n) is 3.59. The summed E-state index contributed by atoms with van der Waals surface area (Å²) in [6.07, 6.45) is 0. The molecule has 0 fully saturated rings. The number of ether oxygens (including phenoxy) is 1. The molecule has 0 amide bonds. The van der Waals surface area contributed by atoms with E-state index in [-0.39, 0.29) is 5.82 Å². The van der Waals surface area contributed by atoms with E-state index in [1.165, 1.54) is 0 Å². The Labute approximate surface area is 80.7 Å². The third kappa shape index (κ3) is 1.23. The smallest absolute Gasteiger partial charge is 0.414 e. The van der Waals surface area contributed by atoms with Crippen molar-refractivity contribution in [3.8, 4) is 6.01 Å². The first-order chi connectivity index (χ1) is 6.59. The first kappa shape index (κ1) is 8.98. The molecule has 2 rings (SSSR count). The van der Waals surface area contributed by atoms with Crippen molar-refractivity contribution in [1.82, 2.24) is 9.55 Å². The van der Waals surface area contributed by atoms with E-state index < -0.39 is 4.92 Å². The molecule has 6 nitrogen and oxygen atoms in total. The molecule has 1 atom stereocenters. The number of fused-ring (bicyclic) bond motifs is 1. The molecule has 1 aliphatic rings. The standard InChI is InChI=1S/C8H11N3O3/c1-5-3-10-6(2)7(11(12)13)9-8(10)14-4-5/h5H,3-4H2,1-2H3/t5-/m0/s1. The second kappa shape index (κ2) is 2.97. The molecule has 1 aliphatic heterocycles. The van der Waals surface area contributed by atoms with Crippen molar-refractivity contribution in [2.75, 3.05) is 6.61 Å². The van der Waals surface area contributed by atoms with E-state index in [0.717, 1.165) is 6.54 Å². The molecule has 0 bridgehead atoms. The highest BCUT2D eigenvalue weighted by atomic mass is 16.6. The van der Waals surface area contributed by atoms with Gasteiger partial charge < -0.3 is 14.9 Å². The topological polar surface area (TPSA) is 70.2 Å². The van der Waals surface area contributed by atoms with E-state index in [9.17, 15) is 10.1 Å². The van der Waals surface area contributed by atoms with Crippen molar-refractivity contribution in [3.05, 3.63) is 15.8 Å². The number of nitro groups is 1. The average Bonchev–Trinajstić information content (AvgIpc) is 2.44. The van der Waals surface area contributed by atoms with Crippen LogP contribution in [0.15, 0.2) is 0 Å². The zero-order valence-electron chi connectivity index (χ0n) is 8.06. The molecule has 2 heterocycles. The highest BCUT2D eigenvalue weighted by Crippen LogP contribution is 2.27. The molecule has 0 aliphatic carbocycles. The maximum Gasteiger partial charge on any atom is 0.414 e. The van der Waals surface area contributed by atoms with Crippen LogP contribution in [0.1, 0.15) is 12.6 Å². The van der Waals surface area contributed by atoms with Crippen LogP contribution in [0.5, 0.6) is 6.01 Å². The molecule has 0 N–H and O–H groups in total. The summed E-state index contributed by atoms with van der Waals surface area (Å²) in [6, 6.07) is 0.368. The van der Waals surface area contributed by atoms with Crippen LogP contribution in [0.2, 0.25) is 0 Å². The fourth-order valence-corrected chi connectivity index (χ4v) is 1.58. The Bertz CT molecular complexity index is 385. The van der Waals surface area contributed by atoms with E-state index in [4.69, 9.17) is 4.74 Å². The van der Waals surface area contributed by atoms with E-state index in [0.29, 0.717) is 24.2 Å². The van der Waals surface area contributed by atoms with Crippen LogP contribution in [0, 0.1) is 23.0 Å². The first-order valence-corrected chi connectivity index (χ1v) is 4.44. The molecule has 14 heavy (non-hydrogen) atoms. The van der Waals surface area contributed by atoms with E-state index in [2.05, 4.69) is 4.98 Å². The maximum absolute atomic E-state index is 10.6. The fourth-order valence-electron chi connectivity index (χ4n) is 1.58. The Morgan fingerprint density at radius 3 is 3.07 bits per heavy atom. The third-order valence-electron chi connectivity index (χ3n) is 2.33. The average molecular weight is 197 g/mol. The quantitative estimate of drug-likeness (QED) is 0.499. The Balaban J connectivity index is 2.46. The minimum atomic E-state index is -0.478. The minimum absolute atomic E-state index is 0.103. The predicted octanol–water partition coefficient (Wildman–Crippen LogP) is 1.13. The molecule has 0 unspecified atom stereocenters. The molecule has 0 aromatic carbocycles. The lowest BCUT2D eigenvalue weighted by molar-refractivity contribution is -0.390. The molecule has 1 aromatic heterocycles. The van der Waals surface area contributed by atoms with Crippen LogP contribution in [0.4, 0.5) is 5.82 Å². The van der Waals surface area contributed by atoms with Gasteiger partial charge in [0.1, 0.15) is 5.69 Å². The third-order valence-corrected chi connectivity index (χ3v) is 2.33. The summed E-state index contributed by atoms with van der Waals surface area (Å²) < 4.78 is 7.05. The van der Waals surface area contributed by atoms with Crippen LogP contribution in [0.3, 0.4) is 0 Å². The lowest BCUT2D eigenvalue weighted by atomic mass is 10.2. The minimum Gasteiger partial charge on any atom is -0.445 e. The van der Waals surface area contributed by atoms with Crippen molar-refractivity contribution in [2.45, 2.75) is 20.4 Å². The van der Waals surface area contributed by atoms with Gasteiger partial charge in [-0.15, -0.1) is 0 Å². The summed E-state index contributed by atoms with van der Waals surface area (Å²) in [5.41, 5.74) is 0.566. The molecule has 6 heteroatoms. The summed E-state index contributed by atoms with van der Waals surface area (Å²) in [5, 5.41) is 10.6. The van der Waals surface area contributed by atoms with Crippen molar-refractivity contribution in [2.24, 2.45) is 5.92 Å². The molecule has 0 radical (unpaired) electrons. The molecular formula is C8H11N3O3. The van der Waals surface area contributed by atoms with Gasteiger partial charge in [-0.2, -0.15) is 0 Å². The van der Waals surface area contributed by atoms with Crippen LogP contribution in [0.25, 0.3) is 0 Å². The summed E-state index contributed by atoms with van der Waals surface area (Å²) in [6.45, 7) is 5.04. The summed E-state index contributed by atoms with van der Waals surface area (Å²) in [5.74, 6) is 0.268. The number of rotatable bonds is 1. The van der Waals surface area contributed by atoms with Crippen LogP contribution < -0.4 is 4.74 Å². The van der Waals surface area contributed by atoms with Gasteiger partial charge in [0.05, 0.1) is 6.61 Å². The molecule has 1 aromatic rings. The number of hydrogen-bond acceptors (Lipinski definition) is 4. The fraction of sp³-hybridized carbons (Fsp3) is 0.625. The highest BCUT2D eigenvalue weighted by molar-refractivity contribution is 5.31. The summed E-state index contributed by atoms with van der Waals surface area (Å²) >= 11 is 0. The predicted molar refractivity (Wildman–Crippen MR) is 48.3 cm³/mol. The zero-order valence-corrected chi connectivity index (χ0v) is 8.06. The van der Waals surface area contributed by atoms with E-state index >= 15 is 0 Å². The monoisotopic (exact) mass is 197 g/mol. The second-order valence-corrected chi connectivity index (χ2v) is 3.59. The molecule has 76 valence electrons. The molecule has 0 saturated heterocycles. The van der Waals surface area contributed by atoms with Gasteiger partial charge in [0.25, 0.3) is 0 Å². The molecule has 0 spiro atoms. The van der Waals surface area contributed by atoms with Crippen molar-refractivity contribution in [1.29, 1.82) is 0 Å². The van der Waals surface area contributed by atoms with Crippen molar-refractivity contribution in [3.63, 3.8) is 0 Å². The lowest BCUT2D eigenvalue weighted by Gasteiger charge is -2.18. The van der Waals surface area contributed by atoms with E-state index in [1.54, 1.807) is 11.5 Å². The van der Waals surface area contributed by atoms with Gasteiger partial charge in [-0.3, -0.25) is 4.57 Å². The summed E-state index contributed by atoms with van der Waals surface area (Å²) in [7, 11) is 0. The van der Waals surface area contributed by atoms with Crippen molar-refractivity contribution < 1.29 is 9.66 Å². The Morgan fingerprint density at radius 2 is 2.43 bits per heavy atom. The maximum atomic E-state index is 10.6. The van der Waals surface area contributed by atoms with Gasteiger partial charge in [0, 0.05) is 17.4 Å². The van der Waals surface area contributed by atoms with Gasteiger partial charge in [-0.05, 0) is 11.8 Å². The van der Waals surface area contributed by atoms with Crippen LogP contribution in [-0.2, 0) is 6.54 Å². The Kier molecular flexibility index (Phi) is 1.90. The number of imidazole rings is 1. The molecule has 0 saturated carbocycles. The number of nitrogens with zero attached hydrogens (tertiary/aromatic N) is 3. The highest BCUT2D eigenvalue weighted by Gasteiger charge is 2.29. The Hall–Kier alpha value is -1.59. The van der Waals surface area contributed by atoms with Crippen molar-refractivity contribution >= 4 is 5.82 Å². The molecular weight excluding hydrogens is 186 g/mol. The number of hydrogen-bond donors (Lipinski definition) is 0. The van der Waals surface area contributed by atoms with Gasteiger partial charge in [0.2, 0.25) is 0 Å². The largest absolute Gasteiger partial charge is 0.445 e. The lowest BCUT2D eigenvalue weighted by Crippen LogP contribution is -2.23. The van der Waals surface area contributed by atoms with Gasteiger partial charge in [-0.25, -0.2) is 0 Å². The van der Waals surface area contributed by atoms with Crippen LogP contribution in [-0.4, -0.2) is 21.1 Å². The SMILES string of the molecule is Cc1c([N+](=O)[O-])nc2n1C[C@H](C)CO2. The summed E-state index contributed by atoms with van der Waals surface area (Å²) in [4.78, 5) is 13.9. The normalized spacial score (nSPS) is 20.0. The first-order valence-electron chi connectivity index (χ1n) is 4.44. The van der Waals surface area contributed by atoms with Gasteiger partial charge in [-0.1, -0.05) is 6.92 Å². The van der Waals surface area contributed by atoms with Gasteiger partial charge in [0.15, 0.2) is 0 Å².